The molecule has 0 N–H and O–H groups in total. The zero-order valence-electron chi connectivity index (χ0n) is 11.0. The normalized spacial score (nSPS) is 12.0. The zero-order chi connectivity index (χ0) is 11.6. The molecule has 0 radical (unpaired) electrons. The van der Waals surface area contributed by atoms with Gasteiger partial charge in [0.05, 0.1) is 0 Å². The summed E-state index contributed by atoms with van der Waals surface area (Å²) in [6.45, 7) is 7.49. The molecule has 0 saturated carbocycles. The summed E-state index contributed by atoms with van der Waals surface area (Å²) in [7, 11) is 0.00808. The van der Waals surface area contributed by atoms with E-state index >= 15 is 0 Å². The van der Waals surface area contributed by atoms with Gasteiger partial charge in [0.2, 0.25) is 0 Å². The van der Waals surface area contributed by atoms with Crippen LogP contribution in [0.1, 0.15) is 52.9 Å². The van der Waals surface area contributed by atoms with Crippen LogP contribution in [0.25, 0.3) is 0 Å². The molecule has 0 atom stereocenters. The lowest BCUT2D eigenvalue weighted by Gasteiger charge is -2.29. The van der Waals surface area contributed by atoms with Gasteiger partial charge in [-0.3, -0.25) is 0 Å². The molecule has 0 unspecified atom stereocenters. The Bertz CT molecular complexity index is 118. The van der Waals surface area contributed by atoms with Gasteiger partial charge in [-0.2, -0.15) is 0 Å². The number of hydrogen-bond donors (Lipinski definition) is 0. The van der Waals surface area contributed by atoms with Crippen LogP contribution in [0, 0.1) is 0 Å². The highest BCUT2D eigenvalue weighted by Gasteiger charge is 2.34. The first-order valence-corrected chi connectivity index (χ1v) is 8.66. The minimum absolute atomic E-state index is 0.869. The van der Waals surface area contributed by atoms with E-state index in [9.17, 15) is 0 Å². The molecule has 0 aliphatic rings. The summed E-state index contributed by atoms with van der Waals surface area (Å²) in [6, 6.07) is 2.33. The molecule has 0 aliphatic carbocycles. The van der Waals surface area contributed by atoms with Gasteiger partial charge in [-0.15, -0.1) is 0 Å². The second-order valence-electron chi connectivity index (χ2n) is 4.17. The smallest absolute Gasteiger partial charge is 0.337 e. The highest BCUT2D eigenvalue weighted by Crippen LogP contribution is 2.24. The molecular formula is C12H28O2Si. The summed E-state index contributed by atoms with van der Waals surface area (Å²) in [5.74, 6) is 0. The highest BCUT2D eigenvalue weighted by molar-refractivity contribution is 6.67. The first-order chi connectivity index (χ1) is 7.24. The van der Waals surface area contributed by atoms with Crippen molar-refractivity contribution >= 4 is 8.56 Å². The average Bonchev–Trinajstić information content (AvgIpc) is 2.29. The fourth-order valence-electron chi connectivity index (χ4n) is 1.71. The van der Waals surface area contributed by atoms with E-state index in [2.05, 4.69) is 20.8 Å². The Morgan fingerprint density at radius 2 is 1.40 bits per heavy atom. The minimum Gasteiger partial charge on any atom is -0.398 e. The van der Waals surface area contributed by atoms with Crippen molar-refractivity contribution in [2.45, 2.75) is 65.0 Å². The number of hydrogen-bond acceptors (Lipinski definition) is 2. The topological polar surface area (TPSA) is 18.5 Å². The van der Waals surface area contributed by atoms with E-state index in [1.54, 1.807) is 0 Å². The number of rotatable bonds is 10. The molecule has 0 aliphatic heterocycles. The van der Waals surface area contributed by atoms with Crippen LogP contribution in [0.5, 0.6) is 0 Å². The first kappa shape index (κ1) is 15.1. The SMILES string of the molecule is CCCC[Si](CCCC)(OC)OCCC. The van der Waals surface area contributed by atoms with Crippen molar-refractivity contribution in [3.63, 3.8) is 0 Å². The van der Waals surface area contributed by atoms with Crippen molar-refractivity contribution in [1.82, 2.24) is 0 Å². The quantitative estimate of drug-likeness (QED) is 0.528. The van der Waals surface area contributed by atoms with E-state index in [0.29, 0.717) is 0 Å². The molecule has 0 amide bonds. The van der Waals surface area contributed by atoms with Gasteiger partial charge in [0.25, 0.3) is 0 Å². The van der Waals surface area contributed by atoms with Crippen molar-refractivity contribution < 1.29 is 8.85 Å². The van der Waals surface area contributed by atoms with Crippen LogP contribution >= 0.6 is 0 Å². The molecule has 0 bridgehead atoms. The second-order valence-corrected chi connectivity index (χ2v) is 7.69. The van der Waals surface area contributed by atoms with Gasteiger partial charge in [-0.25, -0.2) is 0 Å². The molecular weight excluding hydrogens is 204 g/mol. The molecule has 0 heterocycles. The molecule has 0 aromatic carbocycles. The van der Waals surface area contributed by atoms with Gasteiger partial charge < -0.3 is 8.85 Å². The van der Waals surface area contributed by atoms with Crippen molar-refractivity contribution in [3.05, 3.63) is 0 Å². The summed E-state index contributed by atoms with van der Waals surface area (Å²) in [5.41, 5.74) is 0. The van der Waals surface area contributed by atoms with E-state index in [4.69, 9.17) is 8.85 Å². The monoisotopic (exact) mass is 232 g/mol. The lowest BCUT2D eigenvalue weighted by atomic mass is 10.4. The molecule has 0 aromatic rings. The van der Waals surface area contributed by atoms with Gasteiger partial charge in [0.15, 0.2) is 0 Å². The molecule has 0 spiro atoms. The fourth-order valence-corrected chi connectivity index (χ4v) is 5.14. The lowest BCUT2D eigenvalue weighted by Crippen LogP contribution is -2.41. The second kappa shape index (κ2) is 9.37. The van der Waals surface area contributed by atoms with Crippen LogP contribution in [0.3, 0.4) is 0 Å². The van der Waals surface area contributed by atoms with Gasteiger partial charge in [0.1, 0.15) is 0 Å². The predicted octanol–water partition coefficient (Wildman–Crippen LogP) is 4.10. The lowest BCUT2D eigenvalue weighted by molar-refractivity contribution is 0.196. The molecule has 0 saturated heterocycles. The maximum absolute atomic E-state index is 6.05. The molecule has 0 rings (SSSR count). The van der Waals surface area contributed by atoms with Crippen molar-refractivity contribution in [1.29, 1.82) is 0 Å². The maximum Gasteiger partial charge on any atom is 0.337 e. The maximum atomic E-state index is 6.05. The van der Waals surface area contributed by atoms with Crippen molar-refractivity contribution in [2.24, 2.45) is 0 Å². The minimum atomic E-state index is -1.83. The molecule has 2 nitrogen and oxygen atoms in total. The van der Waals surface area contributed by atoms with Crippen LogP contribution in [0.2, 0.25) is 12.1 Å². The standard InChI is InChI=1S/C12H28O2Si/c1-5-8-11-15(13-4,12-9-6-2)14-10-7-3/h5-12H2,1-4H3. The van der Waals surface area contributed by atoms with E-state index < -0.39 is 8.56 Å². The third-order valence-corrected chi connectivity index (χ3v) is 6.47. The van der Waals surface area contributed by atoms with Gasteiger partial charge in [-0.05, 0) is 18.5 Å². The van der Waals surface area contributed by atoms with Crippen LogP contribution in [-0.2, 0) is 8.85 Å². The Morgan fingerprint density at radius 1 is 0.867 bits per heavy atom. The van der Waals surface area contributed by atoms with Gasteiger partial charge in [-0.1, -0.05) is 46.5 Å². The Morgan fingerprint density at radius 3 is 1.73 bits per heavy atom. The molecule has 15 heavy (non-hydrogen) atoms. The van der Waals surface area contributed by atoms with Crippen LogP contribution in [-0.4, -0.2) is 22.3 Å². The number of unbranched alkanes of at least 4 members (excludes halogenated alkanes) is 2. The molecule has 0 fully saturated rings. The average molecular weight is 232 g/mol. The van der Waals surface area contributed by atoms with Crippen molar-refractivity contribution in [2.75, 3.05) is 13.7 Å². The van der Waals surface area contributed by atoms with E-state index in [1.165, 1.54) is 37.8 Å². The van der Waals surface area contributed by atoms with Crippen LogP contribution < -0.4 is 0 Å². The first-order valence-electron chi connectivity index (χ1n) is 6.43. The van der Waals surface area contributed by atoms with Crippen LogP contribution in [0.4, 0.5) is 0 Å². The summed E-state index contributed by atoms with van der Waals surface area (Å²) in [5, 5.41) is 0. The Balaban J connectivity index is 4.16. The van der Waals surface area contributed by atoms with E-state index in [0.717, 1.165) is 13.0 Å². The molecule has 0 aromatic heterocycles. The Labute approximate surface area is 96.6 Å². The molecule has 92 valence electrons. The summed E-state index contributed by atoms with van der Waals surface area (Å²) in [6.07, 6.45) is 6.05. The fraction of sp³-hybridized carbons (Fsp3) is 1.00. The Hall–Kier alpha value is 0.137. The Kier molecular flexibility index (Phi) is 9.45. The van der Waals surface area contributed by atoms with E-state index in [-0.39, 0.29) is 0 Å². The summed E-state index contributed by atoms with van der Waals surface area (Å²) < 4.78 is 11.8. The van der Waals surface area contributed by atoms with Crippen molar-refractivity contribution in [3.8, 4) is 0 Å². The highest BCUT2D eigenvalue weighted by atomic mass is 28.4. The van der Waals surface area contributed by atoms with E-state index in [1.807, 2.05) is 7.11 Å². The van der Waals surface area contributed by atoms with Crippen LogP contribution in [0.15, 0.2) is 0 Å². The van der Waals surface area contributed by atoms with Gasteiger partial charge in [0, 0.05) is 13.7 Å². The van der Waals surface area contributed by atoms with Gasteiger partial charge >= 0.3 is 8.56 Å². The summed E-state index contributed by atoms with van der Waals surface area (Å²) in [4.78, 5) is 0. The zero-order valence-corrected chi connectivity index (χ0v) is 12.0. The predicted molar refractivity (Wildman–Crippen MR) is 68.4 cm³/mol. The third-order valence-electron chi connectivity index (χ3n) is 2.76. The molecule has 3 heteroatoms. The summed E-state index contributed by atoms with van der Waals surface area (Å²) >= 11 is 0. The third kappa shape index (κ3) is 6.33. The largest absolute Gasteiger partial charge is 0.398 e.